The van der Waals surface area contributed by atoms with Crippen LogP contribution in [-0.4, -0.2) is 17.0 Å². The van der Waals surface area contributed by atoms with Crippen LogP contribution in [0.4, 0.5) is 10.1 Å². The van der Waals surface area contributed by atoms with E-state index in [2.05, 4.69) is 5.32 Å². The molecule has 0 radical (unpaired) electrons. The van der Waals surface area contributed by atoms with Crippen molar-refractivity contribution < 1.29 is 19.1 Å². The molecule has 0 bridgehead atoms. The summed E-state index contributed by atoms with van der Waals surface area (Å²) in [7, 11) is 0. The van der Waals surface area contributed by atoms with Gasteiger partial charge in [0.15, 0.2) is 0 Å². The number of benzene rings is 2. The number of aromatic carboxylic acids is 1. The van der Waals surface area contributed by atoms with Crippen LogP contribution in [0.5, 0.6) is 0 Å². The van der Waals surface area contributed by atoms with Crippen molar-refractivity contribution in [1.29, 1.82) is 0 Å². The van der Waals surface area contributed by atoms with Crippen molar-refractivity contribution in [3.63, 3.8) is 0 Å². The molecule has 4 nitrogen and oxygen atoms in total. The number of aryl methyl sites for hydroxylation is 2. The summed E-state index contributed by atoms with van der Waals surface area (Å²) >= 11 is 0. The Morgan fingerprint density at radius 1 is 1.17 bits per heavy atom. The SMILES string of the molecule is Cc1cc(C)c(C(=O)O)cc1NC(=O)CC(C)c1ccccc1F. The van der Waals surface area contributed by atoms with E-state index >= 15 is 0 Å². The predicted molar refractivity (Wildman–Crippen MR) is 90.9 cm³/mol. The summed E-state index contributed by atoms with van der Waals surface area (Å²) in [6.07, 6.45) is 0.108. The van der Waals surface area contributed by atoms with Gasteiger partial charge in [-0.2, -0.15) is 0 Å². The lowest BCUT2D eigenvalue weighted by atomic mass is 9.96. The summed E-state index contributed by atoms with van der Waals surface area (Å²) in [5.41, 5.74) is 2.52. The highest BCUT2D eigenvalue weighted by atomic mass is 19.1. The van der Waals surface area contributed by atoms with Crippen molar-refractivity contribution in [1.82, 2.24) is 0 Å². The van der Waals surface area contributed by atoms with Crippen molar-refractivity contribution in [3.8, 4) is 0 Å². The van der Waals surface area contributed by atoms with Crippen LogP contribution < -0.4 is 5.32 Å². The Balaban J connectivity index is 2.14. The molecule has 24 heavy (non-hydrogen) atoms. The fourth-order valence-corrected chi connectivity index (χ4v) is 2.68. The number of anilines is 1. The number of hydrogen-bond acceptors (Lipinski definition) is 2. The van der Waals surface area contributed by atoms with E-state index in [0.717, 1.165) is 5.56 Å². The number of carboxylic acid groups (broad SMARTS) is 1. The molecule has 2 rings (SSSR count). The lowest BCUT2D eigenvalue weighted by molar-refractivity contribution is -0.116. The van der Waals surface area contributed by atoms with Gasteiger partial charge in [0, 0.05) is 12.1 Å². The molecule has 5 heteroatoms. The van der Waals surface area contributed by atoms with Crippen LogP contribution in [0.1, 0.15) is 46.3 Å². The number of nitrogens with one attached hydrogen (secondary N) is 1. The Hall–Kier alpha value is -2.69. The van der Waals surface area contributed by atoms with Crippen LogP contribution in [0.3, 0.4) is 0 Å². The summed E-state index contributed by atoms with van der Waals surface area (Å²) < 4.78 is 13.8. The summed E-state index contributed by atoms with van der Waals surface area (Å²) in [5, 5.41) is 11.9. The summed E-state index contributed by atoms with van der Waals surface area (Å²) in [6, 6.07) is 9.54. The molecule has 1 amide bonds. The van der Waals surface area contributed by atoms with E-state index in [9.17, 15) is 19.1 Å². The maximum Gasteiger partial charge on any atom is 0.336 e. The maximum absolute atomic E-state index is 13.8. The fourth-order valence-electron chi connectivity index (χ4n) is 2.68. The average molecular weight is 329 g/mol. The molecule has 0 aliphatic heterocycles. The van der Waals surface area contributed by atoms with Gasteiger partial charge in [-0.15, -0.1) is 0 Å². The lowest BCUT2D eigenvalue weighted by Gasteiger charge is -2.15. The van der Waals surface area contributed by atoms with Crippen molar-refractivity contribution in [2.45, 2.75) is 33.1 Å². The number of hydrogen-bond donors (Lipinski definition) is 2. The molecule has 2 aromatic rings. The molecule has 0 aliphatic rings. The monoisotopic (exact) mass is 329 g/mol. The second kappa shape index (κ2) is 7.25. The third kappa shape index (κ3) is 3.98. The molecule has 0 spiro atoms. The molecule has 0 saturated heterocycles. The van der Waals surface area contributed by atoms with Gasteiger partial charge in [0.25, 0.3) is 0 Å². The quantitative estimate of drug-likeness (QED) is 0.861. The first-order valence-corrected chi connectivity index (χ1v) is 7.68. The van der Waals surface area contributed by atoms with Crippen molar-refractivity contribution in [2.75, 3.05) is 5.32 Å². The highest BCUT2D eigenvalue weighted by Crippen LogP contribution is 2.24. The topological polar surface area (TPSA) is 66.4 Å². The highest BCUT2D eigenvalue weighted by molar-refractivity contribution is 5.95. The van der Waals surface area contributed by atoms with Crippen LogP contribution in [0.2, 0.25) is 0 Å². The zero-order valence-electron chi connectivity index (χ0n) is 13.9. The van der Waals surface area contributed by atoms with Gasteiger partial charge in [0.1, 0.15) is 5.82 Å². The molecule has 126 valence electrons. The molecule has 2 N–H and O–H groups in total. The second-order valence-electron chi connectivity index (χ2n) is 5.96. The summed E-state index contributed by atoms with van der Waals surface area (Å²) in [4.78, 5) is 23.5. The zero-order valence-corrected chi connectivity index (χ0v) is 13.9. The highest BCUT2D eigenvalue weighted by Gasteiger charge is 2.16. The van der Waals surface area contributed by atoms with Gasteiger partial charge < -0.3 is 10.4 Å². The van der Waals surface area contributed by atoms with Gasteiger partial charge in [-0.25, -0.2) is 9.18 Å². The fraction of sp³-hybridized carbons (Fsp3) is 0.263. The van der Waals surface area contributed by atoms with Gasteiger partial charge >= 0.3 is 5.97 Å². The molecule has 2 aromatic carbocycles. The van der Waals surface area contributed by atoms with Crippen molar-refractivity contribution >= 4 is 17.6 Å². The Kier molecular flexibility index (Phi) is 5.34. The number of amides is 1. The largest absolute Gasteiger partial charge is 0.478 e. The van der Waals surface area contributed by atoms with Crippen LogP contribution in [0.15, 0.2) is 36.4 Å². The smallest absolute Gasteiger partial charge is 0.336 e. The van der Waals surface area contributed by atoms with E-state index in [1.54, 1.807) is 45.0 Å². The van der Waals surface area contributed by atoms with Crippen molar-refractivity contribution in [3.05, 3.63) is 64.5 Å². The normalized spacial score (nSPS) is 11.8. The Morgan fingerprint density at radius 3 is 2.46 bits per heavy atom. The molecule has 1 unspecified atom stereocenters. The van der Waals surface area contributed by atoms with Crippen LogP contribution >= 0.6 is 0 Å². The first-order valence-electron chi connectivity index (χ1n) is 7.68. The minimum absolute atomic E-state index is 0.108. The van der Waals surface area contributed by atoms with E-state index in [0.29, 0.717) is 16.8 Å². The van der Waals surface area contributed by atoms with E-state index in [1.807, 2.05) is 0 Å². The standard InChI is InChI=1S/C19H20FNO3/c1-11-8-13(3)17(10-15(11)19(23)24)21-18(22)9-12(2)14-6-4-5-7-16(14)20/h4-8,10,12H,9H2,1-3H3,(H,21,22)(H,23,24). The van der Waals surface area contributed by atoms with Crippen LogP contribution in [-0.2, 0) is 4.79 Å². The second-order valence-corrected chi connectivity index (χ2v) is 5.96. The Labute approximate surface area is 140 Å². The molecule has 0 fully saturated rings. The number of rotatable bonds is 5. The van der Waals surface area contributed by atoms with Gasteiger partial charge in [-0.3, -0.25) is 4.79 Å². The van der Waals surface area contributed by atoms with Crippen molar-refractivity contribution in [2.24, 2.45) is 0 Å². The number of carbonyl (C=O) groups is 2. The molecule has 0 heterocycles. The van der Waals surface area contributed by atoms with E-state index < -0.39 is 5.97 Å². The molecule has 0 aromatic heterocycles. The molecule has 1 atom stereocenters. The number of carbonyl (C=O) groups excluding carboxylic acids is 1. The van der Waals surface area contributed by atoms with E-state index in [4.69, 9.17) is 0 Å². The number of carboxylic acids is 1. The number of halogens is 1. The first kappa shape index (κ1) is 17.7. The van der Waals surface area contributed by atoms with Crippen LogP contribution in [0.25, 0.3) is 0 Å². The molecule has 0 aliphatic carbocycles. The Bertz CT molecular complexity index is 786. The van der Waals surface area contributed by atoms with Gasteiger partial charge in [-0.05, 0) is 48.6 Å². The molecular weight excluding hydrogens is 309 g/mol. The first-order chi connectivity index (χ1) is 11.3. The third-order valence-corrected chi connectivity index (χ3v) is 4.00. The summed E-state index contributed by atoms with van der Waals surface area (Å²) in [6.45, 7) is 5.29. The average Bonchev–Trinajstić information content (AvgIpc) is 2.49. The van der Waals surface area contributed by atoms with E-state index in [-0.39, 0.29) is 29.6 Å². The molecular formula is C19H20FNO3. The van der Waals surface area contributed by atoms with Gasteiger partial charge in [-0.1, -0.05) is 31.2 Å². The predicted octanol–water partition coefficient (Wildman–Crippen LogP) is 4.27. The third-order valence-electron chi connectivity index (χ3n) is 4.00. The Morgan fingerprint density at radius 2 is 1.83 bits per heavy atom. The minimum atomic E-state index is -1.04. The van der Waals surface area contributed by atoms with Gasteiger partial charge in [0.2, 0.25) is 5.91 Å². The van der Waals surface area contributed by atoms with Gasteiger partial charge in [0.05, 0.1) is 5.56 Å². The lowest BCUT2D eigenvalue weighted by Crippen LogP contribution is -2.16. The maximum atomic E-state index is 13.8. The van der Waals surface area contributed by atoms with E-state index in [1.165, 1.54) is 12.1 Å². The van der Waals surface area contributed by atoms with Crippen LogP contribution in [0, 0.1) is 19.7 Å². The molecule has 0 saturated carbocycles. The minimum Gasteiger partial charge on any atom is -0.478 e. The zero-order chi connectivity index (χ0) is 17.9. The summed E-state index contributed by atoms with van der Waals surface area (Å²) in [5.74, 6) is -1.94.